The second kappa shape index (κ2) is 3.80. The summed E-state index contributed by atoms with van der Waals surface area (Å²) in [6.07, 6.45) is -3.19. The average Bonchev–Trinajstić information content (AvgIpc) is 2.65. The van der Waals surface area contributed by atoms with Crippen LogP contribution >= 0.6 is 0 Å². The van der Waals surface area contributed by atoms with Crippen molar-refractivity contribution in [2.75, 3.05) is 5.73 Å². The van der Waals surface area contributed by atoms with E-state index in [1.165, 1.54) is 6.20 Å². The van der Waals surface area contributed by atoms with Gasteiger partial charge in [-0.15, -0.1) is 0 Å². The molecule has 2 aromatic rings. The lowest BCUT2D eigenvalue weighted by molar-refractivity contribution is -0.141. The van der Waals surface area contributed by atoms with Gasteiger partial charge in [0, 0.05) is 6.20 Å². The van der Waals surface area contributed by atoms with Crippen LogP contribution in [0.5, 0.6) is 0 Å². The van der Waals surface area contributed by atoms with Crippen LogP contribution < -0.4 is 5.73 Å². The Balaban J connectivity index is 2.51. The summed E-state index contributed by atoms with van der Waals surface area (Å²) in [7, 11) is 0. The third-order valence-electron chi connectivity index (χ3n) is 2.38. The summed E-state index contributed by atoms with van der Waals surface area (Å²) >= 11 is 0. The molecule has 2 N–H and O–H groups in total. The zero-order valence-corrected chi connectivity index (χ0v) is 8.99. The molecule has 3 nitrogen and oxygen atoms in total. The number of nitrogens with two attached hydrogens (primary N) is 1. The maximum absolute atomic E-state index is 12.4. The van der Waals surface area contributed by atoms with Gasteiger partial charge in [-0.05, 0) is 24.6 Å². The number of halogens is 3. The third kappa shape index (κ3) is 2.11. The predicted molar refractivity (Wildman–Crippen MR) is 57.7 cm³/mol. The number of alkyl halides is 3. The molecule has 0 saturated heterocycles. The van der Waals surface area contributed by atoms with Crippen molar-refractivity contribution in [1.29, 1.82) is 0 Å². The monoisotopic (exact) mass is 241 g/mol. The molecule has 0 amide bonds. The summed E-state index contributed by atoms with van der Waals surface area (Å²) in [5.74, 6) is 0. The van der Waals surface area contributed by atoms with E-state index in [0.29, 0.717) is 11.4 Å². The summed E-state index contributed by atoms with van der Waals surface area (Å²) in [4.78, 5) is 0. The summed E-state index contributed by atoms with van der Waals surface area (Å²) in [6.45, 7) is 1.76. The van der Waals surface area contributed by atoms with Crippen LogP contribution in [0.4, 0.5) is 18.9 Å². The third-order valence-corrected chi connectivity index (χ3v) is 2.38. The van der Waals surface area contributed by atoms with Crippen LogP contribution in [-0.4, -0.2) is 9.78 Å². The van der Waals surface area contributed by atoms with E-state index in [-0.39, 0.29) is 0 Å². The lowest BCUT2D eigenvalue weighted by Gasteiger charge is -2.09. The van der Waals surface area contributed by atoms with Crippen molar-refractivity contribution in [3.63, 3.8) is 0 Å². The lowest BCUT2D eigenvalue weighted by atomic mass is 10.2. The maximum Gasteiger partial charge on any atom is 0.435 e. The number of benzene rings is 1. The molecule has 0 saturated carbocycles. The predicted octanol–water partition coefficient (Wildman–Crippen LogP) is 2.78. The molecule has 1 heterocycles. The second-order valence-corrected chi connectivity index (χ2v) is 3.66. The van der Waals surface area contributed by atoms with Crippen LogP contribution in [0.15, 0.2) is 30.5 Å². The van der Waals surface area contributed by atoms with Crippen LogP contribution in [0.1, 0.15) is 11.3 Å². The zero-order valence-electron chi connectivity index (χ0n) is 8.99. The number of hydrogen-bond acceptors (Lipinski definition) is 2. The van der Waals surface area contributed by atoms with E-state index in [9.17, 15) is 13.2 Å². The van der Waals surface area contributed by atoms with Gasteiger partial charge in [0.05, 0.1) is 11.4 Å². The quantitative estimate of drug-likeness (QED) is 0.780. The molecule has 0 aliphatic rings. The smallest absolute Gasteiger partial charge is 0.397 e. The Hall–Kier alpha value is -1.98. The topological polar surface area (TPSA) is 43.8 Å². The van der Waals surface area contributed by atoms with Gasteiger partial charge in [-0.1, -0.05) is 12.1 Å². The van der Waals surface area contributed by atoms with Crippen LogP contribution in [0.3, 0.4) is 0 Å². The molecule has 0 radical (unpaired) electrons. The van der Waals surface area contributed by atoms with E-state index in [1.54, 1.807) is 25.1 Å². The Morgan fingerprint density at radius 1 is 1.24 bits per heavy atom. The molecule has 0 fully saturated rings. The number of para-hydroxylation sites is 1. The van der Waals surface area contributed by atoms with Crippen LogP contribution in [0, 0.1) is 6.92 Å². The highest BCUT2D eigenvalue weighted by molar-refractivity contribution is 5.61. The van der Waals surface area contributed by atoms with Crippen molar-refractivity contribution in [3.05, 3.63) is 41.7 Å². The Kier molecular flexibility index (Phi) is 2.57. The zero-order chi connectivity index (χ0) is 12.6. The number of hydrogen-bond donors (Lipinski definition) is 1. The fourth-order valence-electron chi connectivity index (χ4n) is 1.59. The van der Waals surface area contributed by atoms with Gasteiger partial charge in [0.2, 0.25) is 0 Å². The standard InChI is InChI=1S/C11H10F3N3/c1-7-3-2-4-8(15)10(7)17-6-5-9(16-17)11(12,13)14/h2-6H,15H2,1H3. The van der Waals surface area contributed by atoms with E-state index >= 15 is 0 Å². The Bertz CT molecular complexity index is 523. The van der Waals surface area contributed by atoms with Crippen LogP contribution in [0.25, 0.3) is 5.69 Å². The van der Waals surface area contributed by atoms with E-state index in [2.05, 4.69) is 5.10 Å². The molecular formula is C11H10F3N3. The normalized spacial score (nSPS) is 11.8. The fourth-order valence-corrected chi connectivity index (χ4v) is 1.59. The van der Waals surface area contributed by atoms with E-state index in [0.717, 1.165) is 16.3 Å². The molecular weight excluding hydrogens is 231 g/mol. The van der Waals surface area contributed by atoms with Gasteiger partial charge in [-0.2, -0.15) is 18.3 Å². The number of anilines is 1. The molecule has 0 atom stereocenters. The first-order chi connectivity index (χ1) is 7.89. The first kappa shape index (κ1) is 11.5. The second-order valence-electron chi connectivity index (χ2n) is 3.66. The summed E-state index contributed by atoms with van der Waals surface area (Å²) in [6, 6.07) is 6.05. The Labute approximate surface area is 95.7 Å². The van der Waals surface area contributed by atoms with Gasteiger partial charge in [0.25, 0.3) is 0 Å². The summed E-state index contributed by atoms with van der Waals surface area (Å²) in [5.41, 5.74) is 6.43. The highest BCUT2D eigenvalue weighted by Gasteiger charge is 2.33. The number of nitrogen functional groups attached to an aromatic ring is 1. The van der Waals surface area contributed by atoms with Crippen molar-refractivity contribution < 1.29 is 13.2 Å². The van der Waals surface area contributed by atoms with Gasteiger partial charge in [0.15, 0.2) is 5.69 Å². The van der Waals surface area contributed by atoms with Crippen LogP contribution in [0.2, 0.25) is 0 Å². The van der Waals surface area contributed by atoms with Gasteiger partial charge in [-0.3, -0.25) is 0 Å². The minimum atomic E-state index is -4.44. The van der Waals surface area contributed by atoms with Crippen molar-refractivity contribution in [3.8, 4) is 5.69 Å². The lowest BCUT2D eigenvalue weighted by Crippen LogP contribution is -2.08. The highest BCUT2D eigenvalue weighted by Crippen LogP contribution is 2.29. The molecule has 0 spiro atoms. The van der Waals surface area contributed by atoms with Crippen LogP contribution in [-0.2, 0) is 6.18 Å². The molecule has 1 aromatic carbocycles. The molecule has 0 aliphatic heterocycles. The van der Waals surface area contributed by atoms with Crippen molar-refractivity contribution in [2.24, 2.45) is 0 Å². The number of aryl methyl sites for hydroxylation is 1. The largest absolute Gasteiger partial charge is 0.435 e. The average molecular weight is 241 g/mol. The summed E-state index contributed by atoms with van der Waals surface area (Å²) < 4.78 is 38.4. The van der Waals surface area contributed by atoms with Crippen molar-refractivity contribution in [1.82, 2.24) is 9.78 Å². The molecule has 6 heteroatoms. The molecule has 0 bridgehead atoms. The van der Waals surface area contributed by atoms with Crippen molar-refractivity contribution in [2.45, 2.75) is 13.1 Å². The first-order valence-corrected chi connectivity index (χ1v) is 4.88. The SMILES string of the molecule is Cc1cccc(N)c1-n1ccc(C(F)(F)F)n1. The summed E-state index contributed by atoms with van der Waals surface area (Å²) in [5, 5.41) is 3.49. The molecule has 90 valence electrons. The van der Waals surface area contributed by atoms with Gasteiger partial charge < -0.3 is 5.73 Å². The molecule has 1 aromatic heterocycles. The van der Waals surface area contributed by atoms with E-state index < -0.39 is 11.9 Å². The first-order valence-electron chi connectivity index (χ1n) is 4.88. The van der Waals surface area contributed by atoms with Gasteiger partial charge in [0.1, 0.15) is 0 Å². The van der Waals surface area contributed by atoms with Gasteiger partial charge >= 0.3 is 6.18 Å². The molecule has 0 unspecified atom stereocenters. The Morgan fingerprint density at radius 3 is 2.47 bits per heavy atom. The maximum atomic E-state index is 12.4. The number of aromatic nitrogens is 2. The number of rotatable bonds is 1. The van der Waals surface area contributed by atoms with Gasteiger partial charge in [-0.25, -0.2) is 4.68 Å². The number of nitrogens with zero attached hydrogens (tertiary/aromatic N) is 2. The van der Waals surface area contributed by atoms with E-state index in [1.807, 2.05) is 0 Å². The Morgan fingerprint density at radius 2 is 1.94 bits per heavy atom. The van der Waals surface area contributed by atoms with E-state index in [4.69, 9.17) is 5.73 Å². The van der Waals surface area contributed by atoms with Crippen molar-refractivity contribution >= 4 is 5.69 Å². The highest BCUT2D eigenvalue weighted by atomic mass is 19.4. The fraction of sp³-hybridized carbons (Fsp3) is 0.182. The molecule has 0 aliphatic carbocycles. The molecule has 17 heavy (non-hydrogen) atoms. The minimum Gasteiger partial charge on any atom is -0.397 e. The molecule has 2 rings (SSSR count). The minimum absolute atomic E-state index is 0.391.